The van der Waals surface area contributed by atoms with Gasteiger partial charge < -0.3 is 26.6 Å². The molecule has 182 valence electrons. The minimum absolute atomic E-state index is 0.0821. The second kappa shape index (κ2) is 11.6. The highest BCUT2D eigenvalue weighted by Gasteiger charge is 2.18. The van der Waals surface area contributed by atoms with Gasteiger partial charge in [-0.15, -0.1) is 0 Å². The Kier molecular flexibility index (Phi) is 8.36. The highest BCUT2D eigenvalue weighted by atomic mass is 16.2. The molecule has 0 spiro atoms. The summed E-state index contributed by atoms with van der Waals surface area (Å²) < 4.78 is 0. The average Bonchev–Trinajstić information content (AvgIpc) is 3.30. The van der Waals surface area contributed by atoms with Crippen LogP contribution in [0.3, 0.4) is 0 Å². The van der Waals surface area contributed by atoms with Crippen molar-refractivity contribution in [3.05, 3.63) is 78.4 Å². The lowest BCUT2D eigenvalue weighted by Gasteiger charge is -2.14. The third-order valence-electron chi connectivity index (χ3n) is 5.07. The number of amides is 3. The lowest BCUT2D eigenvalue weighted by molar-refractivity contribution is -0.124. The van der Waals surface area contributed by atoms with E-state index in [0.29, 0.717) is 24.5 Å². The van der Waals surface area contributed by atoms with Crippen molar-refractivity contribution in [3.63, 3.8) is 0 Å². The average molecular weight is 475 g/mol. The zero-order chi connectivity index (χ0) is 25.4. The number of nitrogens with one attached hydrogen (secondary N) is 2. The van der Waals surface area contributed by atoms with E-state index < -0.39 is 6.03 Å². The van der Waals surface area contributed by atoms with Crippen LogP contribution in [0.15, 0.2) is 77.2 Å². The van der Waals surface area contributed by atoms with Gasteiger partial charge in [-0.25, -0.2) is 9.79 Å². The van der Waals surface area contributed by atoms with E-state index in [0.717, 1.165) is 23.2 Å². The summed E-state index contributed by atoms with van der Waals surface area (Å²) in [5, 5.41) is 5.10. The van der Waals surface area contributed by atoms with Crippen LogP contribution in [0.4, 0.5) is 16.2 Å². The number of hydrogen-bond acceptors (Lipinski definition) is 4. The van der Waals surface area contributed by atoms with Gasteiger partial charge in [0.15, 0.2) is 0 Å². The van der Waals surface area contributed by atoms with E-state index in [-0.39, 0.29) is 17.8 Å². The molecule has 1 aliphatic heterocycles. The van der Waals surface area contributed by atoms with E-state index in [2.05, 4.69) is 32.1 Å². The molecule has 1 heterocycles. The van der Waals surface area contributed by atoms with Gasteiger partial charge in [0.25, 0.3) is 0 Å². The molecule has 3 amide bonds. The second-order valence-corrected chi connectivity index (χ2v) is 8.18. The summed E-state index contributed by atoms with van der Waals surface area (Å²) in [6, 6.07) is 14.3. The van der Waals surface area contributed by atoms with Crippen molar-refractivity contribution < 1.29 is 9.59 Å². The molecule has 6 N–H and O–H groups in total. The third-order valence-corrected chi connectivity index (χ3v) is 5.07. The molecular weight excluding hydrogens is 444 g/mol. The first kappa shape index (κ1) is 25.2. The van der Waals surface area contributed by atoms with E-state index in [1.807, 2.05) is 56.6 Å². The van der Waals surface area contributed by atoms with Crippen LogP contribution in [0.1, 0.15) is 11.1 Å². The molecule has 0 unspecified atom stereocenters. The van der Waals surface area contributed by atoms with E-state index in [1.165, 1.54) is 6.08 Å². The Balaban J connectivity index is 1.52. The molecule has 0 saturated heterocycles. The number of benzene rings is 2. The van der Waals surface area contributed by atoms with Gasteiger partial charge >= 0.3 is 6.03 Å². The molecule has 0 aliphatic carbocycles. The Morgan fingerprint density at radius 3 is 2.43 bits per heavy atom. The first-order valence-corrected chi connectivity index (χ1v) is 10.9. The standard InChI is InChI=1S/C25H30N8O2/c1-4-22(34)33-14-13-19(16-33)18-7-11-21(12-8-18)29-25(35)31-24(27)30-23(26)28-20-9-5-17(6-10-20)15-32(2)3/h4-13H,1,14-16H2,2-3H3,(H6,26,27,28,29,30,31,35). The number of nitrogens with zero attached hydrogens (tertiary/aromatic N) is 4. The fourth-order valence-corrected chi connectivity index (χ4v) is 3.46. The highest BCUT2D eigenvalue weighted by molar-refractivity contribution is 6.05. The van der Waals surface area contributed by atoms with Crippen molar-refractivity contribution in [1.82, 2.24) is 15.1 Å². The smallest absolute Gasteiger partial charge is 0.325 e. The van der Waals surface area contributed by atoms with Gasteiger partial charge in [0, 0.05) is 25.3 Å². The Morgan fingerprint density at radius 2 is 1.80 bits per heavy atom. The maximum atomic E-state index is 12.2. The Hall–Kier alpha value is -4.44. The molecule has 0 saturated carbocycles. The van der Waals surface area contributed by atoms with Gasteiger partial charge in [-0.3, -0.25) is 10.1 Å². The van der Waals surface area contributed by atoms with Gasteiger partial charge in [0.2, 0.25) is 17.8 Å². The molecule has 1 aliphatic rings. The van der Waals surface area contributed by atoms with Crippen molar-refractivity contribution in [1.29, 1.82) is 0 Å². The van der Waals surface area contributed by atoms with Crippen LogP contribution in [0.2, 0.25) is 0 Å². The number of guanidine groups is 2. The van der Waals surface area contributed by atoms with Crippen LogP contribution in [0.5, 0.6) is 0 Å². The van der Waals surface area contributed by atoms with Crippen molar-refractivity contribution in [2.45, 2.75) is 6.54 Å². The predicted molar refractivity (Wildman–Crippen MR) is 140 cm³/mol. The fourth-order valence-electron chi connectivity index (χ4n) is 3.46. The molecule has 0 bridgehead atoms. The van der Waals surface area contributed by atoms with Gasteiger partial charge in [0.1, 0.15) is 0 Å². The SMILES string of the molecule is C=CC(=O)N1CC=C(c2ccc(NC(=O)N/C(N)=N\C(N)=Nc3ccc(CN(C)C)cc3)cc2)C1. The Bertz CT molecular complexity index is 1160. The molecule has 0 fully saturated rings. The number of rotatable bonds is 6. The lowest BCUT2D eigenvalue weighted by atomic mass is 10.1. The molecule has 2 aromatic rings. The molecule has 0 aromatic heterocycles. The number of carbonyl (C=O) groups is 2. The van der Waals surface area contributed by atoms with Gasteiger partial charge in [0.05, 0.1) is 5.69 Å². The van der Waals surface area contributed by atoms with Gasteiger partial charge in [-0.05, 0) is 61.1 Å². The summed E-state index contributed by atoms with van der Waals surface area (Å²) in [5.41, 5.74) is 16.0. The van der Waals surface area contributed by atoms with Crippen LogP contribution in [-0.4, -0.2) is 60.8 Å². The minimum atomic E-state index is -0.567. The van der Waals surface area contributed by atoms with Crippen LogP contribution < -0.4 is 22.1 Å². The van der Waals surface area contributed by atoms with E-state index in [1.54, 1.807) is 17.0 Å². The zero-order valence-electron chi connectivity index (χ0n) is 19.9. The molecule has 0 atom stereocenters. The number of aliphatic imine (C=N–C) groups is 2. The molecule has 0 radical (unpaired) electrons. The third kappa shape index (κ3) is 7.54. The largest absolute Gasteiger partial charge is 0.369 e. The maximum Gasteiger partial charge on any atom is 0.325 e. The number of carbonyl (C=O) groups excluding carboxylic acids is 2. The number of nitrogens with two attached hydrogens (primary N) is 2. The van der Waals surface area contributed by atoms with E-state index in [4.69, 9.17) is 11.5 Å². The summed E-state index contributed by atoms with van der Waals surface area (Å²) in [6.07, 6.45) is 3.30. The zero-order valence-corrected chi connectivity index (χ0v) is 19.9. The Morgan fingerprint density at radius 1 is 1.11 bits per heavy atom. The van der Waals surface area contributed by atoms with Gasteiger partial charge in [-0.2, -0.15) is 4.99 Å². The van der Waals surface area contributed by atoms with Crippen molar-refractivity contribution >= 4 is 40.8 Å². The maximum absolute atomic E-state index is 12.2. The molecule has 2 aromatic carbocycles. The fraction of sp³-hybridized carbons (Fsp3) is 0.200. The summed E-state index contributed by atoms with van der Waals surface area (Å²) in [7, 11) is 3.99. The summed E-state index contributed by atoms with van der Waals surface area (Å²) in [4.78, 5) is 35.8. The highest BCUT2D eigenvalue weighted by Crippen LogP contribution is 2.23. The van der Waals surface area contributed by atoms with Crippen LogP contribution >= 0.6 is 0 Å². The number of hydrogen-bond donors (Lipinski definition) is 4. The monoisotopic (exact) mass is 474 g/mol. The van der Waals surface area contributed by atoms with Crippen LogP contribution in [0, 0.1) is 0 Å². The molecular formula is C25H30N8O2. The summed E-state index contributed by atoms with van der Waals surface area (Å²) >= 11 is 0. The molecule has 3 rings (SSSR count). The quantitative estimate of drug-likeness (QED) is 0.289. The van der Waals surface area contributed by atoms with Crippen LogP contribution in [0.25, 0.3) is 5.57 Å². The summed E-state index contributed by atoms with van der Waals surface area (Å²) in [5.74, 6) is -0.372. The van der Waals surface area contributed by atoms with Crippen molar-refractivity contribution in [2.75, 3.05) is 32.5 Å². The van der Waals surface area contributed by atoms with Crippen molar-refractivity contribution in [2.24, 2.45) is 21.5 Å². The first-order valence-electron chi connectivity index (χ1n) is 10.9. The van der Waals surface area contributed by atoms with Crippen molar-refractivity contribution in [3.8, 4) is 0 Å². The predicted octanol–water partition coefficient (Wildman–Crippen LogP) is 2.24. The van der Waals surface area contributed by atoms with E-state index in [9.17, 15) is 9.59 Å². The lowest BCUT2D eigenvalue weighted by Crippen LogP contribution is -2.40. The first-order chi connectivity index (χ1) is 16.7. The normalized spacial score (nSPS) is 14.0. The summed E-state index contributed by atoms with van der Waals surface area (Å²) in [6.45, 7) is 5.41. The number of urea groups is 1. The van der Waals surface area contributed by atoms with Gasteiger partial charge in [-0.1, -0.05) is 36.9 Å². The Labute approximate surface area is 204 Å². The second-order valence-electron chi connectivity index (χ2n) is 8.18. The molecule has 35 heavy (non-hydrogen) atoms. The topological polar surface area (TPSA) is 141 Å². The minimum Gasteiger partial charge on any atom is -0.369 e. The van der Waals surface area contributed by atoms with E-state index >= 15 is 0 Å². The van der Waals surface area contributed by atoms with Crippen LogP contribution in [-0.2, 0) is 11.3 Å². The molecule has 10 nitrogen and oxygen atoms in total. The number of anilines is 1. The molecule has 10 heteroatoms.